The second-order valence-electron chi connectivity index (χ2n) is 8.69. The van der Waals surface area contributed by atoms with Crippen LogP contribution in [0, 0.1) is 44.7 Å². The number of anilines is 1. The van der Waals surface area contributed by atoms with Crippen molar-refractivity contribution in [1.29, 1.82) is 0 Å². The van der Waals surface area contributed by atoms with E-state index in [0.717, 1.165) is 33.1 Å². The van der Waals surface area contributed by atoms with E-state index in [9.17, 15) is 24.5 Å². The number of aromatic nitrogens is 1. The number of hydrogen-bond donors (Lipinski definition) is 1. The van der Waals surface area contributed by atoms with Gasteiger partial charge in [0.25, 0.3) is 17.5 Å². The maximum Gasteiger partial charge on any atom is 0.335 e. The third-order valence-electron chi connectivity index (χ3n) is 5.97. The van der Waals surface area contributed by atoms with E-state index in [0.29, 0.717) is 16.8 Å². The number of barbiturate groups is 1. The molecule has 3 aromatic rings. The van der Waals surface area contributed by atoms with Crippen LogP contribution >= 0.6 is 0 Å². The average Bonchev–Trinajstić information content (AvgIpc) is 3.03. The first-order valence-electron chi connectivity index (χ1n) is 10.9. The minimum atomic E-state index is -0.797. The topological polar surface area (TPSA) is 115 Å². The summed E-state index contributed by atoms with van der Waals surface area (Å²) in [5.74, 6) is -1.47. The molecule has 4 amide bonds. The summed E-state index contributed by atoms with van der Waals surface area (Å²) >= 11 is 0. The number of amides is 4. The first-order valence-corrected chi connectivity index (χ1v) is 10.9. The Morgan fingerprint density at radius 3 is 2.17 bits per heavy atom. The lowest BCUT2D eigenvalue weighted by molar-refractivity contribution is -0.384. The van der Waals surface area contributed by atoms with Gasteiger partial charge in [-0.3, -0.25) is 25.0 Å². The Balaban J connectivity index is 1.78. The molecule has 1 aromatic heterocycles. The molecule has 1 aliphatic heterocycles. The van der Waals surface area contributed by atoms with Crippen molar-refractivity contribution in [2.24, 2.45) is 0 Å². The van der Waals surface area contributed by atoms with Gasteiger partial charge in [0.15, 0.2) is 0 Å². The molecule has 2 heterocycles. The van der Waals surface area contributed by atoms with Gasteiger partial charge in [0.2, 0.25) is 0 Å². The first-order chi connectivity index (χ1) is 16.5. The Labute approximate surface area is 201 Å². The third kappa shape index (κ3) is 4.23. The van der Waals surface area contributed by atoms with E-state index in [1.165, 1.54) is 18.2 Å². The number of carbonyl (C=O) groups is 3. The van der Waals surface area contributed by atoms with Crippen LogP contribution in [0.2, 0.25) is 0 Å². The van der Waals surface area contributed by atoms with Gasteiger partial charge in [0, 0.05) is 29.2 Å². The van der Waals surface area contributed by atoms with Gasteiger partial charge >= 0.3 is 6.03 Å². The van der Waals surface area contributed by atoms with Crippen molar-refractivity contribution in [3.8, 4) is 5.69 Å². The molecular formula is C26H24N4O5. The van der Waals surface area contributed by atoms with Crippen molar-refractivity contribution >= 4 is 35.3 Å². The van der Waals surface area contributed by atoms with Gasteiger partial charge in [-0.15, -0.1) is 0 Å². The molecule has 35 heavy (non-hydrogen) atoms. The zero-order valence-corrected chi connectivity index (χ0v) is 20.0. The van der Waals surface area contributed by atoms with Crippen molar-refractivity contribution in [1.82, 2.24) is 9.88 Å². The van der Waals surface area contributed by atoms with Gasteiger partial charge in [-0.25, -0.2) is 9.69 Å². The SMILES string of the molecule is Cc1cc(C)cc(N2C(=O)NC(=O)/C(=C\c3cc(C)n(-c4ccc([N+](=O)[O-])cc4C)c3C)C2=O)c1. The molecule has 178 valence electrons. The highest BCUT2D eigenvalue weighted by molar-refractivity contribution is 6.39. The number of nitrogens with one attached hydrogen (secondary N) is 1. The summed E-state index contributed by atoms with van der Waals surface area (Å²) < 4.78 is 1.91. The normalized spacial score (nSPS) is 15.1. The summed E-state index contributed by atoms with van der Waals surface area (Å²) in [6.45, 7) is 9.20. The van der Waals surface area contributed by atoms with Crippen LogP contribution in [0.25, 0.3) is 11.8 Å². The number of imide groups is 2. The van der Waals surface area contributed by atoms with Crippen LogP contribution < -0.4 is 10.2 Å². The van der Waals surface area contributed by atoms with Gasteiger partial charge in [-0.1, -0.05) is 6.07 Å². The molecule has 4 rings (SSSR count). The number of nitrogens with zero attached hydrogens (tertiary/aromatic N) is 3. The molecule has 1 saturated heterocycles. The van der Waals surface area contributed by atoms with Crippen LogP contribution in [0.3, 0.4) is 0 Å². The summed E-state index contributed by atoms with van der Waals surface area (Å²) in [4.78, 5) is 50.1. The van der Waals surface area contributed by atoms with Crippen LogP contribution in [-0.2, 0) is 9.59 Å². The van der Waals surface area contributed by atoms with E-state index in [-0.39, 0.29) is 11.3 Å². The van der Waals surface area contributed by atoms with E-state index in [4.69, 9.17) is 0 Å². The maximum absolute atomic E-state index is 13.3. The van der Waals surface area contributed by atoms with Crippen LogP contribution in [0.1, 0.15) is 33.6 Å². The predicted octanol–water partition coefficient (Wildman–Crippen LogP) is 4.59. The monoisotopic (exact) mass is 472 g/mol. The van der Waals surface area contributed by atoms with Gasteiger partial charge in [-0.05, 0) is 87.2 Å². The molecule has 0 saturated carbocycles. The Bertz CT molecular complexity index is 1440. The molecule has 1 fully saturated rings. The number of nitro groups is 1. The van der Waals surface area contributed by atoms with Gasteiger partial charge in [0.05, 0.1) is 10.6 Å². The highest BCUT2D eigenvalue weighted by atomic mass is 16.6. The Morgan fingerprint density at radius 1 is 0.914 bits per heavy atom. The lowest BCUT2D eigenvalue weighted by Crippen LogP contribution is -2.54. The fourth-order valence-electron chi connectivity index (χ4n) is 4.44. The van der Waals surface area contributed by atoms with Crippen molar-refractivity contribution < 1.29 is 19.3 Å². The molecule has 0 bridgehead atoms. The van der Waals surface area contributed by atoms with Gasteiger partial charge in [-0.2, -0.15) is 0 Å². The smallest absolute Gasteiger partial charge is 0.318 e. The van der Waals surface area contributed by atoms with Crippen molar-refractivity contribution in [2.45, 2.75) is 34.6 Å². The summed E-state index contributed by atoms with van der Waals surface area (Å²) in [5, 5.41) is 13.4. The second-order valence-corrected chi connectivity index (χ2v) is 8.69. The van der Waals surface area contributed by atoms with Crippen LogP contribution in [-0.4, -0.2) is 27.3 Å². The summed E-state index contributed by atoms with van der Waals surface area (Å²) in [7, 11) is 0. The molecule has 0 radical (unpaired) electrons. The number of rotatable bonds is 4. The zero-order valence-electron chi connectivity index (χ0n) is 20.0. The summed E-state index contributed by atoms with van der Waals surface area (Å²) in [6, 6.07) is 11.0. The molecule has 0 atom stereocenters. The number of carbonyl (C=O) groups excluding carboxylic acids is 3. The van der Waals surface area contributed by atoms with Gasteiger partial charge in [0.1, 0.15) is 5.57 Å². The second kappa shape index (κ2) is 8.68. The number of urea groups is 1. The quantitative estimate of drug-likeness (QED) is 0.258. The minimum Gasteiger partial charge on any atom is -0.318 e. The van der Waals surface area contributed by atoms with E-state index in [1.54, 1.807) is 25.1 Å². The van der Waals surface area contributed by atoms with E-state index in [2.05, 4.69) is 5.32 Å². The average molecular weight is 473 g/mol. The Morgan fingerprint density at radius 2 is 1.57 bits per heavy atom. The number of nitro benzene ring substituents is 1. The zero-order chi connectivity index (χ0) is 25.6. The summed E-state index contributed by atoms with van der Waals surface area (Å²) in [5.41, 5.74) is 5.61. The predicted molar refractivity (Wildman–Crippen MR) is 132 cm³/mol. The number of hydrogen-bond acceptors (Lipinski definition) is 5. The van der Waals surface area contributed by atoms with Gasteiger partial charge < -0.3 is 4.57 Å². The number of benzene rings is 2. The fourth-order valence-corrected chi connectivity index (χ4v) is 4.44. The molecule has 1 aliphatic rings. The molecular weight excluding hydrogens is 448 g/mol. The minimum absolute atomic E-state index is 0.00308. The van der Waals surface area contributed by atoms with Crippen molar-refractivity contribution in [2.75, 3.05) is 4.90 Å². The maximum atomic E-state index is 13.3. The van der Waals surface area contributed by atoms with Crippen LogP contribution in [0.5, 0.6) is 0 Å². The third-order valence-corrected chi connectivity index (χ3v) is 5.97. The van der Waals surface area contributed by atoms with Crippen molar-refractivity contribution in [3.63, 3.8) is 0 Å². The molecule has 2 aromatic carbocycles. The molecule has 1 N–H and O–H groups in total. The van der Waals surface area contributed by atoms with Crippen LogP contribution in [0.15, 0.2) is 48.0 Å². The van der Waals surface area contributed by atoms with E-state index >= 15 is 0 Å². The molecule has 9 nitrogen and oxygen atoms in total. The number of aryl methyl sites for hydroxylation is 4. The first kappa shape index (κ1) is 23.6. The Hall–Kier alpha value is -4.53. The lowest BCUT2D eigenvalue weighted by Gasteiger charge is -2.27. The Kier molecular flexibility index (Phi) is 5.86. The van der Waals surface area contributed by atoms with E-state index < -0.39 is 22.8 Å². The standard InChI is InChI=1S/C26H24N4O5/c1-14-8-15(2)10-21(9-14)29-25(32)22(24(31)27-26(29)33)13-19-12-17(4)28(18(19)5)23-7-6-20(30(34)35)11-16(23)3/h6-13H,1-5H3,(H,27,31,33)/b22-13+. The molecule has 0 unspecified atom stereocenters. The highest BCUT2D eigenvalue weighted by Crippen LogP contribution is 2.29. The van der Waals surface area contributed by atoms with E-state index in [1.807, 2.05) is 44.4 Å². The number of non-ortho nitro benzene ring substituents is 1. The largest absolute Gasteiger partial charge is 0.335 e. The molecule has 9 heteroatoms. The lowest BCUT2D eigenvalue weighted by atomic mass is 10.1. The highest BCUT2D eigenvalue weighted by Gasteiger charge is 2.37. The van der Waals surface area contributed by atoms with Crippen LogP contribution in [0.4, 0.5) is 16.2 Å². The van der Waals surface area contributed by atoms with Crippen molar-refractivity contribution in [3.05, 3.63) is 91.8 Å². The fraction of sp³-hybridized carbons (Fsp3) is 0.192. The molecule has 0 spiro atoms. The molecule has 0 aliphatic carbocycles. The summed E-state index contributed by atoms with van der Waals surface area (Å²) in [6.07, 6.45) is 1.47.